The largest absolute Gasteiger partial charge is 0.418 e. The van der Waals surface area contributed by atoms with Crippen molar-refractivity contribution in [3.63, 3.8) is 0 Å². The highest BCUT2D eigenvalue weighted by molar-refractivity contribution is 6.30. The lowest BCUT2D eigenvalue weighted by atomic mass is 9.91. The highest BCUT2D eigenvalue weighted by Crippen LogP contribution is 2.40. The Morgan fingerprint density at radius 1 is 1.23 bits per heavy atom. The number of alkyl halides is 3. The van der Waals surface area contributed by atoms with Gasteiger partial charge in [-0.3, -0.25) is 0 Å². The number of likely N-dealkylation sites (tertiary alicyclic amines) is 1. The number of aromatic nitrogens is 2. The van der Waals surface area contributed by atoms with E-state index >= 15 is 0 Å². The van der Waals surface area contributed by atoms with Crippen LogP contribution in [-0.2, 0) is 12.6 Å². The highest BCUT2D eigenvalue weighted by Gasteiger charge is 2.37. The highest BCUT2D eigenvalue weighted by atomic mass is 35.5. The summed E-state index contributed by atoms with van der Waals surface area (Å²) in [6, 6.07) is 3.84. The van der Waals surface area contributed by atoms with E-state index in [1.54, 1.807) is 0 Å². The molecular weight excluding hydrogens is 365 g/mol. The van der Waals surface area contributed by atoms with Crippen molar-refractivity contribution in [3.05, 3.63) is 40.0 Å². The van der Waals surface area contributed by atoms with E-state index in [-0.39, 0.29) is 10.7 Å². The molecule has 0 amide bonds. The number of hydrogen-bond acceptors (Lipinski definition) is 3. The van der Waals surface area contributed by atoms with E-state index < -0.39 is 11.7 Å². The van der Waals surface area contributed by atoms with E-state index in [0.29, 0.717) is 11.7 Å². The molecule has 4 rings (SSSR count). The molecule has 1 N–H and O–H groups in total. The predicted molar refractivity (Wildman–Crippen MR) is 95.2 cm³/mol. The molecule has 0 radical (unpaired) electrons. The van der Waals surface area contributed by atoms with Gasteiger partial charge in [0.1, 0.15) is 5.82 Å². The van der Waals surface area contributed by atoms with Crippen LogP contribution in [0.4, 0.5) is 19.0 Å². The Bertz CT molecular complexity index is 823. The molecular formula is C18H20ClF3N4. The van der Waals surface area contributed by atoms with Crippen molar-refractivity contribution in [2.45, 2.75) is 31.4 Å². The average molecular weight is 385 g/mol. The fourth-order valence-electron chi connectivity index (χ4n) is 3.91. The van der Waals surface area contributed by atoms with Gasteiger partial charge in [0.2, 0.25) is 0 Å². The number of halogens is 4. The van der Waals surface area contributed by atoms with E-state index in [4.69, 9.17) is 11.6 Å². The first-order valence-electron chi connectivity index (χ1n) is 8.76. The molecule has 4 nitrogen and oxygen atoms in total. The molecule has 2 aliphatic rings. The number of nitrogens with one attached hydrogen (secondary N) is 1. The Labute approximate surface area is 154 Å². The Morgan fingerprint density at radius 3 is 2.65 bits per heavy atom. The molecule has 0 unspecified atom stereocenters. The maximum atomic E-state index is 13.5. The topological polar surface area (TPSA) is 33.1 Å². The van der Waals surface area contributed by atoms with Crippen LogP contribution < -0.4 is 5.32 Å². The van der Waals surface area contributed by atoms with Gasteiger partial charge >= 0.3 is 6.18 Å². The summed E-state index contributed by atoms with van der Waals surface area (Å²) in [6.07, 6.45) is -1.74. The molecule has 2 aromatic rings. The fraction of sp³-hybridized carbons (Fsp3) is 0.500. The Morgan fingerprint density at radius 2 is 1.96 bits per heavy atom. The Balaban J connectivity index is 1.81. The summed E-state index contributed by atoms with van der Waals surface area (Å²) < 4.78 is 42.1. The van der Waals surface area contributed by atoms with Crippen molar-refractivity contribution in [1.29, 1.82) is 0 Å². The molecule has 1 saturated heterocycles. The van der Waals surface area contributed by atoms with E-state index in [0.717, 1.165) is 56.2 Å². The SMILES string of the molecule is CN1CCC(c2nn(-c3ccc(Cl)cc3C(F)(F)F)c3c2CCN3)CC1. The lowest BCUT2D eigenvalue weighted by Crippen LogP contribution is -2.29. The van der Waals surface area contributed by atoms with Crippen molar-refractivity contribution < 1.29 is 13.2 Å². The fourth-order valence-corrected chi connectivity index (χ4v) is 4.08. The molecule has 0 spiro atoms. The first kappa shape index (κ1) is 17.7. The molecule has 0 atom stereocenters. The lowest BCUT2D eigenvalue weighted by molar-refractivity contribution is -0.137. The van der Waals surface area contributed by atoms with Gasteiger partial charge in [-0.15, -0.1) is 0 Å². The van der Waals surface area contributed by atoms with Crippen LogP contribution in [0.25, 0.3) is 5.69 Å². The van der Waals surface area contributed by atoms with Gasteiger partial charge in [0, 0.05) is 23.0 Å². The Hall–Kier alpha value is -1.73. The molecule has 0 aliphatic carbocycles. The van der Waals surface area contributed by atoms with Gasteiger partial charge in [0.05, 0.1) is 16.9 Å². The number of piperidine rings is 1. The van der Waals surface area contributed by atoms with Gasteiger partial charge in [-0.1, -0.05) is 11.6 Å². The molecule has 8 heteroatoms. The minimum absolute atomic E-state index is 0.0201. The second-order valence-electron chi connectivity index (χ2n) is 7.04. The van der Waals surface area contributed by atoms with Crippen LogP contribution in [0, 0.1) is 0 Å². The molecule has 0 saturated carbocycles. The molecule has 1 aromatic carbocycles. The zero-order chi connectivity index (χ0) is 18.5. The normalized spacial score (nSPS) is 18.8. The number of benzene rings is 1. The third-order valence-electron chi connectivity index (χ3n) is 5.28. The van der Waals surface area contributed by atoms with Crippen LogP contribution in [-0.4, -0.2) is 41.4 Å². The van der Waals surface area contributed by atoms with Gasteiger partial charge in [-0.2, -0.15) is 18.3 Å². The first-order chi connectivity index (χ1) is 12.3. The Kier molecular flexibility index (Phi) is 4.39. The molecule has 140 valence electrons. The van der Waals surface area contributed by atoms with E-state index in [9.17, 15) is 13.2 Å². The standard InChI is InChI=1S/C18H20ClF3N4/c1-25-8-5-11(6-9-25)16-13-4-7-23-17(13)26(24-16)15-3-2-12(19)10-14(15)18(20,21)22/h2-3,10-11,23H,4-9H2,1H3. The third-order valence-corrected chi connectivity index (χ3v) is 5.51. The first-order valence-corrected chi connectivity index (χ1v) is 9.13. The van der Waals surface area contributed by atoms with E-state index in [1.165, 1.54) is 16.8 Å². The molecule has 1 aromatic heterocycles. The van der Waals surface area contributed by atoms with Gasteiger partial charge in [-0.05, 0) is 57.6 Å². The number of hydrogen-bond donors (Lipinski definition) is 1. The average Bonchev–Trinajstić information content (AvgIpc) is 3.18. The van der Waals surface area contributed by atoms with Crippen LogP contribution in [0.3, 0.4) is 0 Å². The van der Waals surface area contributed by atoms with Gasteiger partial charge < -0.3 is 10.2 Å². The number of fused-ring (bicyclic) bond motifs is 1. The van der Waals surface area contributed by atoms with Crippen LogP contribution in [0.2, 0.25) is 5.02 Å². The molecule has 3 heterocycles. The van der Waals surface area contributed by atoms with Crippen LogP contribution in [0.15, 0.2) is 18.2 Å². The van der Waals surface area contributed by atoms with Gasteiger partial charge in [0.25, 0.3) is 0 Å². The van der Waals surface area contributed by atoms with Crippen molar-refractivity contribution in [1.82, 2.24) is 14.7 Å². The van der Waals surface area contributed by atoms with E-state index in [2.05, 4.69) is 22.4 Å². The quantitative estimate of drug-likeness (QED) is 0.837. The minimum atomic E-state index is -4.49. The zero-order valence-corrected chi connectivity index (χ0v) is 15.2. The predicted octanol–water partition coefficient (Wildman–Crippen LogP) is 4.32. The second kappa shape index (κ2) is 6.46. The monoisotopic (exact) mass is 384 g/mol. The van der Waals surface area contributed by atoms with Crippen LogP contribution in [0.5, 0.6) is 0 Å². The van der Waals surface area contributed by atoms with Crippen molar-refractivity contribution in [3.8, 4) is 5.69 Å². The van der Waals surface area contributed by atoms with Crippen molar-refractivity contribution in [2.24, 2.45) is 0 Å². The maximum Gasteiger partial charge on any atom is 0.418 e. The van der Waals surface area contributed by atoms with Crippen LogP contribution in [0.1, 0.15) is 35.6 Å². The third kappa shape index (κ3) is 3.07. The second-order valence-corrected chi connectivity index (χ2v) is 7.47. The summed E-state index contributed by atoms with van der Waals surface area (Å²) in [5.41, 5.74) is 1.26. The molecule has 2 aliphatic heterocycles. The molecule has 26 heavy (non-hydrogen) atoms. The van der Waals surface area contributed by atoms with Crippen LogP contribution >= 0.6 is 11.6 Å². The van der Waals surface area contributed by atoms with Crippen molar-refractivity contribution in [2.75, 3.05) is 32.0 Å². The number of nitrogens with zero attached hydrogens (tertiary/aromatic N) is 3. The zero-order valence-electron chi connectivity index (χ0n) is 14.4. The van der Waals surface area contributed by atoms with Crippen molar-refractivity contribution >= 4 is 17.4 Å². The summed E-state index contributed by atoms with van der Waals surface area (Å²) >= 11 is 5.82. The molecule has 1 fully saturated rings. The maximum absolute atomic E-state index is 13.5. The van der Waals surface area contributed by atoms with Gasteiger partial charge in [0.15, 0.2) is 0 Å². The summed E-state index contributed by atoms with van der Waals surface area (Å²) in [5, 5.41) is 7.93. The summed E-state index contributed by atoms with van der Waals surface area (Å²) in [6.45, 7) is 2.69. The number of rotatable bonds is 2. The van der Waals surface area contributed by atoms with Gasteiger partial charge in [-0.25, -0.2) is 4.68 Å². The summed E-state index contributed by atoms with van der Waals surface area (Å²) in [5.74, 6) is 0.981. The smallest absolute Gasteiger partial charge is 0.369 e. The molecule has 0 bridgehead atoms. The number of anilines is 1. The summed E-state index contributed by atoms with van der Waals surface area (Å²) in [7, 11) is 2.09. The summed E-state index contributed by atoms with van der Waals surface area (Å²) in [4.78, 5) is 2.27. The lowest BCUT2D eigenvalue weighted by Gasteiger charge is -2.28. The minimum Gasteiger partial charge on any atom is -0.369 e. The van der Waals surface area contributed by atoms with E-state index in [1.807, 2.05) is 0 Å².